The summed E-state index contributed by atoms with van der Waals surface area (Å²) in [6.07, 6.45) is 3.42. The van der Waals surface area contributed by atoms with E-state index in [1.807, 2.05) is 24.3 Å². The van der Waals surface area contributed by atoms with E-state index in [0.29, 0.717) is 19.1 Å². The molecule has 0 aromatic heterocycles. The summed E-state index contributed by atoms with van der Waals surface area (Å²) in [4.78, 5) is 23.2. The van der Waals surface area contributed by atoms with Crippen LogP contribution < -0.4 is 10.7 Å². The van der Waals surface area contributed by atoms with Crippen LogP contribution in [0.15, 0.2) is 29.4 Å². The van der Waals surface area contributed by atoms with E-state index >= 15 is 0 Å². The van der Waals surface area contributed by atoms with Crippen LogP contribution in [-0.4, -0.2) is 37.3 Å². The maximum Gasteiger partial charge on any atom is 0.329 e. The number of nitrogens with one attached hydrogen (secondary N) is 2. The summed E-state index contributed by atoms with van der Waals surface area (Å²) in [5.41, 5.74) is 4.31. The zero-order chi connectivity index (χ0) is 16.7. The second-order valence-corrected chi connectivity index (χ2v) is 5.87. The predicted octanol–water partition coefficient (Wildman–Crippen LogP) is 1.56. The van der Waals surface area contributed by atoms with E-state index in [4.69, 9.17) is 4.74 Å². The molecule has 6 heteroatoms. The van der Waals surface area contributed by atoms with Gasteiger partial charge in [-0.05, 0) is 29.9 Å². The maximum absolute atomic E-state index is 11.6. The first-order chi connectivity index (χ1) is 11.1. The van der Waals surface area contributed by atoms with E-state index < -0.39 is 11.8 Å². The van der Waals surface area contributed by atoms with Gasteiger partial charge in [0.2, 0.25) is 0 Å². The molecule has 2 rings (SSSR count). The number of ether oxygens (including phenoxy) is 1. The number of hydrogen-bond donors (Lipinski definition) is 2. The van der Waals surface area contributed by atoms with Crippen LogP contribution in [-0.2, 0) is 14.3 Å². The van der Waals surface area contributed by atoms with E-state index in [9.17, 15) is 9.59 Å². The molecule has 1 saturated heterocycles. The number of benzene rings is 1. The molecule has 0 bridgehead atoms. The van der Waals surface area contributed by atoms with Crippen molar-refractivity contribution < 1.29 is 14.3 Å². The molecular formula is C17H23N3O3. The second kappa shape index (κ2) is 8.43. The van der Waals surface area contributed by atoms with Crippen molar-refractivity contribution in [1.29, 1.82) is 0 Å². The lowest BCUT2D eigenvalue weighted by molar-refractivity contribution is -0.139. The zero-order valence-corrected chi connectivity index (χ0v) is 13.5. The van der Waals surface area contributed by atoms with Crippen LogP contribution in [0.3, 0.4) is 0 Å². The zero-order valence-electron chi connectivity index (χ0n) is 13.5. The number of hydrogen-bond acceptors (Lipinski definition) is 4. The SMILES string of the molecule is CC(C)c1ccc(/C=N\NC(=O)C(=O)NC[C@H]2CCCO2)cc1. The lowest BCUT2D eigenvalue weighted by Gasteiger charge is -2.09. The minimum Gasteiger partial charge on any atom is -0.376 e. The highest BCUT2D eigenvalue weighted by Crippen LogP contribution is 2.13. The quantitative estimate of drug-likeness (QED) is 0.491. The van der Waals surface area contributed by atoms with Crippen LogP contribution in [0.2, 0.25) is 0 Å². The number of carbonyl (C=O) groups is 2. The fraction of sp³-hybridized carbons (Fsp3) is 0.471. The van der Waals surface area contributed by atoms with Crippen LogP contribution >= 0.6 is 0 Å². The Labute approximate surface area is 136 Å². The molecule has 1 aliphatic rings. The molecule has 0 spiro atoms. The number of amides is 2. The summed E-state index contributed by atoms with van der Waals surface area (Å²) in [6.45, 7) is 5.32. The Balaban J connectivity index is 1.74. The molecule has 1 atom stereocenters. The molecule has 2 N–H and O–H groups in total. The normalized spacial score (nSPS) is 17.6. The molecule has 1 fully saturated rings. The molecule has 1 aromatic rings. The summed E-state index contributed by atoms with van der Waals surface area (Å²) in [6, 6.07) is 7.87. The van der Waals surface area contributed by atoms with Gasteiger partial charge in [0, 0.05) is 13.2 Å². The van der Waals surface area contributed by atoms with Crippen molar-refractivity contribution in [3.63, 3.8) is 0 Å². The van der Waals surface area contributed by atoms with Crippen molar-refractivity contribution in [2.24, 2.45) is 5.10 Å². The molecule has 1 aromatic carbocycles. The summed E-state index contributed by atoms with van der Waals surface area (Å²) in [5, 5.41) is 6.34. The van der Waals surface area contributed by atoms with Crippen LogP contribution in [0.5, 0.6) is 0 Å². The van der Waals surface area contributed by atoms with Crippen molar-refractivity contribution in [3.05, 3.63) is 35.4 Å². The average Bonchev–Trinajstić information content (AvgIpc) is 3.06. The van der Waals surface area contributed by atoms with Crippen LogP contribution in [0.4, 0.5) is 0 Å². The molecule has 1 aliphatic heterocycles. The minimum atomic E-state index is -0.780. The third-order valence-corrected chi connectivity index (χ3v) is 3.70. The van der Waals surface area contributed by atoms with Gasteiger partial charge in [0.25, 0.3) is 0 Å². The first-order valence-electron chi connectivity index (χ1n) is 7.89. The van der Waals surface area contributed by atoms with Gasteiger partial charge in [-0.3, -0.25) is 9.59 Å². The van der Waals surface area contributed by atoms with Crippen molar-refractivity contribution in [1.82, 2.24) is 10.7 Å². The van der Waals surface area contributed by atoms with Gasteiger partial charge in [0.1, 0.15) is 0 Å². The Morgan fingerprint density at radius 1 is 1.30 bits per heavy atom. The van der Waals surface area contributed by atoms with E-state index in [2.05, 4.69) is 29.7 Å². The van der Waals surface area contributed by atoms with E-state index in [1.165, 1.54) is 11.8 Å². The highest BCUT2D eigenvalue weighted by molar-refractivity contribution is 6.35. The molecule has 124 valence electrons. The summed E-state index contributed by atoms with van der Waals surface area (Å²) < 4.78 is 5.37. The predicted molar refractivity (Wildman–Crippen MR) is 88.3 cm³/mol. The van der Waals surface area contributed by atoms with Gasteiger partial charge in [0.05, 0.1) is 12.3 Å². The molecule has 6 nitrogen and oxygen atoms in total. The van der Waals surface area contributed by atoms with Gasteiger partial charge in [-0.1, -0.05) is 38.1 Å². The fourth-order valence-corrected chi connectivity index (χ4v) is 2.28. The van der Waals surface area contributed by atoms with Gasteiger partial charge in [-0.15, -0.1) is 0 Å². The monoisotopic (exact) mass is 317 g/mol. The summed E-state index contributed by atoms with van der Waals surface area (Å²) >= 11 is 0. The first-order valence-corrected chi connectivity index (χ1v) is 7.89. The average molecular weight is 317 g/mol. The topological polar surface area (TPSA) is 79.8 Å². The molecule has 0 radical (unpaired) electrons. The lowest BCUT2D eigenvalue weighted by atomic mass is 10.0. The third kappa shape index (κ3) is 5.49. The van der Waals surface area contributed by atoms with Crippen LogP contribution in [0, 0.1) is 0 Å². The number of rotatable bonds is 5. The Kier molecular flexibility index (Phi) is 6.29. The molecule has 23 heavy (non-hydrogen) atoms. The Hall–Kier alpha value is -2.21. The number of nitrogens with zero attached hydrogens (tertiary/aromatic N) is 1. The fourth-order valence-electron chi connectivity index (χ4n) is 2.28. The largest absolute Gasteiger partial charge is 0.376 e. The second-order valence-electron chi connectivity index (χ2n) is 5.87. The Morgan fingerprint density at radius 2 is 2.04 bits per heavy atom. The maximum atomic E-state index is 11.6. The highest BCUT2D eigenvalue weighted by atomic mass is 16.5. The van der Waals surface area contributed by atoms with Crippen molar-refractivity contribution in [3.8, 4) is 0 Å². The molecular weight excluding hydrogens is 294 g/mol. The van der Waals surface area contributed by atoms with Crippen LogP contribution in [0.25, 0.3) is 0 Å². The Morgan fingerprint density at radius 3 is 2.65 bits per heavy atom. The van der Waals surface area contributed by atoms with Crippen molar-refractivity contribution >= 4 is 18.0 Å². The first kappa shape index (κ1) is 17.1. The van der Waals surface area contributed by atoms with E-state index in [0.717, 1.165) is 18.4 Å². The molecule has 2 amide bonds. The standard InChI is InChI=1S/C17H23N3O3/c1-12(2)14-7-5-13(6-8-14)10-19-20-17(22)16(21)18-11-15-4-3-9-23-15/h5-8,10,12,15H,3-4,9,11H2,1-2H3,(H,18,21)(H,20,22)/b19-10-/t15-/m1/s1. The van der Waals surface area contributed by atoms with Gasteiger partial charge in [-0.25, -0.2) is 5.43 Å². The smallest absolute Gasteiger partial charge is 0.329 e. The van der Waals surface area contributed by atoms with E-state index in [-0.39, 0.29) is 6.10 Å². The number of carbonyl (C=O) groups excluding carboxylic acids is 2. The molecule has 0 aliphatic carbocycles. The highest BCUT2D eigenvalue weighted by Gasteiger charge is 2.18. The van der Waals surface area contributed by atoms with Crippen molar-refractivity contribution in [2.45, 2.75) is 38.7 Å². The number of hydrazone groups is 1. The summed E-state index contributed by atoms with van der Waals surface area (Å²) in [5.74, 6) is -1.01. The lowest BCUT2D eigenvalue weighted by Crippen LogP contribution is -2.41. The van der Waals surface area contributed by atoms with Crippen molar-refractivity contribution in [2.75, 3.05) is 13.2 Å². The molecule has 1 heterocycles. The van der Waals surface area contributed by atoms with Gasteiger partial charge in [-0.2, -0.15) is 5.10 Å². The minimum absolute atomic E-state index is 0.00900. The van der Waals surface area contributed by atoms with E-state index in [1.54, 1.807) is 0 Å². The van der Waals surface area contributed by atoms with Gasteiger partial charge < -0.3 is 10.1 Å². The van der Waals surface area contributed by atoms with Gasteiger partial charge in [0.15, 0.2) is 0 Å². The molecule has 0 unspecified atom stereocenters. The Bertz CT molecular complexity index is 561. The third-order valence-electron chi connectivity index (χ3n) is 3.70. The van der Waals surface area contributed by atoms with Gasteiger partial charge >= 0.3 is 11.8 Å². The summed E-state index contributed by atoms with van der Waals surface area (Å²) in [7, 11) is 0. The molecule has 0 saturated carbocycles. The van der Waals surface area contributed by atoms with Crippen LogP contribution in [0.1, 0.15) is 43.7 Å².